The molecule has 1 aliphatic carbocycles. The van der Waals surface area contributed by atoms with Gasteiger partial charge in [-0.05, 0) is 45.1 Å². The monoisotopic (exact) mass is 895 g/mol. The van der Waals surface area contributed by atoms with Crippen molar-refractivity contribution in [3.05, 3.63) is 216 Å². The van der Waals surface area contributed by atoms with Gasteiger partial charge in [0.1, 0.15) is 0 Å². The number of benzene rings is 7. The molecule has 0 N–H and O–H groups in total. The van der Waals surface area contributed by atoms with Gasteiger partial charge in [-0.15, -0.1) is 28.3 Å². The third-order valence-corrected chi connectivity index (χ3v) is 12.7. The Kier molecular flexibility index (Phi) is 14.1. The number of halogens is 2. The molecule has 8 aromatic carbocycles. The summed E-state index contributed by atoms with van der Waals surface area (Å²) in [5.74, 6) is 0. The second-order valence-electron chi connectivity index (χ2n) is 17.5. The predicted molar refractivity (Wildman–Crippen MR) is 249 cm³/mol. The van der Waals surface area contributed by atoms with E-state index in [9.17, 15) is 0 Å². The van der Waals surface area contributed by atoms with Crippen molar-refractivity contribution in [1.82, 2.24) is 0 Å². The quantitative estimate of drug-likeness (QED) is 0.146. The fraction of sp³-hybridized carbons (Fsp3) is 0.158. The standard InChI is InChI=1S/C44H41.C13H10.2ClH.Zr/c1-43(2,3)34-26-33-27-36-38(30-24-16-17-25-30)42(44(4,5)6)40(32-22-14-9-15-23-32)39(31-20-12-8-13-21-31)41(36)37(33)35(28-34)29-18-10-7-11-19-29;1-3-7-12(8-4-1)11-13-9-5-2-6-10-13;;;/h7-24,26-28H,25H2,1-6H3;1-10H;2*1H;/q-1;;;;+2/p-2. The third-order valence-electron chi connectivity index (χ3n) is 11.3. The van der Waals surface area contributed by atoms with Crippen LogP contribution in [0.25, 0.3) is 60.5 Å². The summed E-state index contributed by atoms with van der Waals surface area (Å²) < 4.78 is 1.42. The SMILES string of the molecule is CC(C)(C)c1cc(-c2ccccc2)c2c(c1)[cH-]c1c(C3=CC=CC3)c(C(C)(C)C)c(-c3ccccc3)c(-c3ccccc3)c12.[Cl-].[Cl-].[Zr+2]=[C](c1ccccc1)c1ccccc1. The molecule has 0 heterocycles. The number of allylic oxidation sites excluding steroid dienone is 4. The minimum absolute atomic E-state index is 0. The van der Waals surface area contributed by atoms with Crippen molar-refractivity contribution in [2.24, 2.45) is 0 Å². The van der Waals surface area contributed by atoms with Gasteiger partial charge >= 0.3 is 99.2 Å². The molecule has 0 spiro atoms. The number of fused-ring (bicyclic) bond motifs is 3. The van der Waals surface area contributed by atoms with Crippen LogP contribution >= 0.6 is 0 Å². The Hall–Kier alpha value is -4.78. The van der Waals surface area contributed by atoms with Gasteiger partial charge < -0.3 is 24.8 Å². The summed E-state index contributed by atoms with van der Waals surface area (Å²) >= 11 is 1.46. The van der Waals surface area contributed by atoms with Crippen LogP contribution in [0.1, 0.15) is 75.8 Å². The van der Waals surface area contributed by atoms with E-state index in [4.69, 9.17) is 0 Å². The van der Waals surface area contributed by atoms with E-state index in [2.05, 4.69) is 230 Å². The van der Waals surface area contributed by atoms with Crippen LogP contribution in [0.5, 0.6) is 0 Å². The zero-order valence-corrected chi connectivity index (χ0v) is 39.3. The number of rotatable bonds is 6. The van der Waals surface area contributed by atoms with Crippen LogP contribution in [0, 0.1) is 0 Å². The molecule has 0 radical (unpaired) electrons. The Morgan fingerprint density at radius 3 is 1.43 bits per heavy atom. The normalized spacial score (nSPS) is 12.3. The van der Waals surface area contributed by atoms with Gasteiger partial charge in [-0.25, -0.2) is 0 Å². The average Bonchev–Trinajstić information content (AvgIpc) is 3.92. The molecule has 1 aliphatic rings. The van der Waals surface area contributed by atoms with Crippen molar-refractivity contribution in [2.45, 2.75) is 58.8 Å². The molecule has 3 heteroatoms. The van der Waals surface area contributed by atoms with E-state index in [-0.39, 0.29) is 35.6 Å². The molecule has 0 atom stereocenters. The molecule has 9 rings (SSSR count). The summed E-state index contributed by atoms with van der Waals surface area (Å²) in [5, 5.41) is 5.40. The van der Waals surface area contributed by atoms with Crippen LogP contribution in [0.2, 0.25) is 0 Å². The molecule has 0 nitrogen and oxygen atoms in total. The average molecular weight is 898 g/mol. The second kappa shape index (κ2) is 18.9. The van der Waals surface area contributed by atoms with Gasteiger partial charge in [0.25, 0.3) is 0 Å². The fourth-order valence-electron chi connectivity index (χ4n) is 8.54. The van der Waals surface area contributed by atoms with E-state index >= 15 is 0 Å². The van der Waals surface area contributed by atoms with Crippen molar-refractivity contribution in [3.63, 3.8) is 0 Å². The summed E-state index contributed by atoms with van der Waals surface area (Å²) in [5.41, 5.74) is 16.0. The van der Waals surface area contributed by atoms with Gasteiger partial charge in [-0.3, -0.25) is 0 Å². The molecule has 0 saturated carbocycles. The van der Waals surface area contributed by atoms with Crippen LogP contribution in [-0.2, 0) is 35.1 Å². The molecule has 8 aromatic rings. The summed E-state index contributed by atoms with van der Waals surface area (Å²) in [6.07, 6.45) is 7.84. The number of hydrogen-bond donors (Lipinski definition) is 0. The van der Waals surface area contributed by atoms with Gasteiger partial charge in [0.15, 0.2) is 0 Å². The van der Waals surface area contributed by atoms with Crippen molar-refractivity contribution < 1.29 is 49.0 Å². The van der Waals surface area contributed by atoms with E-state index in [1.165, 1.54) is 116 Å². The molecule has 0 saturated heterocycles. The first-order valence-corrected chi connectivity index (χ1v) is 21.7. The Morgan fingerprint density at radius 2 is 0.983 bits per heavy atom. The molecule has 298 valence electrons. The van der Waals surface area contributed by atoms with Gasteiger partial charge in [0.05, 0.1) is 0 Å². The Balaban J connectivity index is 0.000000320. The zero-order valence-electron chi connectivity index (χ0n) is 35.4. The molecule has 0 amide bonds. The van der Waals surface area contributed by atoms with Crippen LogP contribution in [0.3, 0.4) is 0 Å². The second-order valence-corrected chi connectivity index (χ2v) is 18.7. The molecule has 0 unspecified atom stereocenters. The van der Waals surface area contributed by atoms with Crippen LogP contribution < -0.4 is 24.8 Å². The van der Waals surface area contributed by atoms with E-state index in [0.29, 0.717) is 0 Å². The first-order chi connectivity index (χ1) is 28.0. The first-order valence-electron chi connectivity index (χ1n) is 20.5. The maximum atomic E-state index is 2.51. The topological polar surface area (TPSA) is 0 Å². The first kappa shape index (κ1) is 44.8. The Morgan fingerprint density at radius 1 is 0.517 bits per heavy atom. The minimum atomic E-state index is -0.0933. The van der Waals surface area contributed by atoms with Gasteiger partial charge in [-0.1, -0.05) is 190 Å². The summed E-state index contributed by atoms with van der Waals surface area (Å²) in [6, 6.07) is 61.7. The van der Waals surface area contributed by atoms with Crippen molar-refractivity contribution in [3.8, 4) is 33.4 Å². The summed E-state index contributed by atoms with van der Waals surface area (Å²) in [4.78, 5) is 0. The number of hydrogen-bond acceptors (Lipinski definition) is 0. The van der Waals surface area contributed by atoms with Crippen molar-refractivity contribution >= 4 is 30.3 Å². The van der Waals surface area contributed by atoms with Gasteiger partial charge in [0.2, 0.25) is 0 Å². The summed E-state index contributed by atoms with van der Waals surface area (Å²) in [7, 11) is 0. The van der Waals surface area contributed by atoms with E-state index in [1.54, 1.807) is 0 Å². The molecule has 60 heavy (non-hydrogen) atoms. The van der Waals surface area contributed by atoms with E-state index < -0.39 is 0 Å². The third kappa shape index (κ3) is 9.11. The molecular formula is C57H51Cl2Zr-. The van der Waals surface area contributed by atoms with E-state index in [1.807, 2.05) is 0 Å². The summed E-state index contributed by atoms with van der Waals surface area (Å²) in [6.45, 7) is 14.1. The van der Waals surface area contributed by atoms with Gasteiger partial charge in [-0.2, -0.15) is 0 Å². The Labute approximate surface area is 384 Å². The van der Waals surface area contributed by atoms with Crippen LogP contribution in [0.15, 0.2) is 188 Å². The molecule has 0 aliphatic heterocycles. The van der Waals surface area contributed by atoms with Crippen LogP contribution in [0.4, 0.5) is 0 Å². The zero-order chi connectivity index (χ0) is 40.4. The predicted octanol–water partition coefficient (Wildman–Crippen LogP) is 9.46. The molecular weight excluding hydrogens is 847 g/mol. The van der Waals surface area contributed by atoms with Crippen molar-refractivity contribution in [2.75, 3.05) is 0 Å². The van der Waals surface area contributed by atoms with E-state index in [0.717, 1.165) is 6.42 Å². The van der Waals surface area contributed by atoms with Gasteiger partial charge in [0, 0.05) is 0 Å². The fourth-order valence-corrected chi connectivity index (χ4v) is 9.36. The van der Waals surface area contributed by atoms with Crippen LogP contribution in [-0.4, -0.2) is 3.21 Å². The molecule has 0 aromatic heterocycles. The Bertz CT molecular complexity index is 2740. The molecule has 0 bridgehead atoms. The maximum absolute atomic E-state index is 2.51. The molecule has 0 fully saturated rings. The van der Waals surface area contributed by atoms with Crippen molar-refractivity contribution in [1.29, 1.82) is 0 Å².